The Morgan fingerprint density at radius 2 is 2.20 bits per heavy atom. The summed E-state index contributed by atoms with van der Waals surface area (Å²) in [5.41, 5.74) is 2.78. The van der Waals surface area contributed by atoms with Crippen LogP contribution in [0.2, 0.25) is 0 Å². The molecule has 0 unspecified atom stereocenters. The van der Waals surface area contributed by atoms with Gasteiger partial charge < -0.3 is 9.64 Å². The number of carbonyl (C=O) groups is 1. The smallest absolute Gasteiger partial charge is 0.227 e. The molecular formula is C17H21NO2. The summed E-state index contributed by atoms with van der Waals surface area (Å²) in [4.78, 5) is 14.4. The van der Waals surface area contributed by atoms with Crippen molar-refractivity contribution < 1.29 is 9.53 Å². The Morgan fingerprint density at radius 1 is 1.40 bits per heavy atom. The fourth-order valence-corrected chi connectivity index (χ4v) is 3.06. The second kappa shape index (κ2) is 5.41. The van der Waals surface area contributed by atoms with E-state index in [0.29, 0.717) is 19.6 Å². The van der Waals surface area contributed by atoms with E-state index in [4.69, 9.17) is 4.74 Å². The third kappa shape index (κ3) is 2.38. The van der Waals surface area contributed by atoms with Gasteiger partial charge in [0.15, 0.2) is 0 Å². The van der Waals surface area contributed by atoms with E-state index in [2.05, 4.69) is 24.8 Å². The normalized spacial score (nSPS) is 18.1. The van der Waals surface area contributed by atoms with Gasteiger partial charge in [0, 0.05) is 30.7 Å². The van der Waals surface area contributed by atoms with E-state index in [9.17, 15) is 4.79 Å². The zero-order valence-electron chi connectivity index (χ0n) is 11.8. The molecule has 2 aliphatic rings. The second-order valence-corrected chi connectivity index (χ2v) is 5.74. The third-order valence-corrected chi connectivity index (χ3v) is 4.30. The minimum atomic E-state index is 0.225. The Labute approximate surface area is 120 Å². The Morgan fingerprint density at radius 3 is 2.95 bits per heavy atom. The van der Waals surface area contributed by atoms with Crippen LogP contribution in [0.15, 0.2) is 36.9 Å². The van der Waals surface area contributed by atoms with Crippen LogP contribution in [0.25, 0.3) is 0 Å². The fourth-order valence-electron chi connectivity index (χ4n) is 3.06. The summed E-state index contributed by atoms with van der Waals surface area (Å²) in [5, 5.41) is 0. The maximum absolute atomic E-state index is 12.4. The van der Waals surface area contributed by atoms with Crippen LogP contribution in [0.4, 0.5) is 5.69 Å². The summed E-state index contributed by atoms with van der Waals surface area (Å²) in [6.07, 6.45) is 5.50. The van der Waals surface area contributed by atoms with Crippen LogP contribution in [-0.2, 0) is 14.9 Å². The third-order valence-electron chi connectivity index (χ3n) is 4.30. The van der Waals surface area contributed by atoms with Crippen LogP contribution in [0.1, 0.15) is 31.2 Å². The molecule has 1 heterocycles. The highest BCUT2D eigenvalue weighted by Crippen LogP contribution is 2.56. The number of rotatable bonds is 6. The van der Waals surface area contributed by atoms with Crippen molar-refractivity contribution in [3.63, 3.8) is 0 Å². The van der Waals surface area contributed by atoms with E-state index < -0.39 is 0 Å². The molecule has 0 bridgehead atoms. The van der Waals surface area contributed by atoms with Gasteiger partial charge in [0.2, 0.25) is 5.91 Å². The van der Waals surface area contributed by atoms with E-state index >= 15 is 0 Å². The molecule has 106 valence electrons. The number of carbonyl (C=O) groups excluding carboxylic acids is 1. The van der Waals surface area contributed by atoms with E-state index in [1.54, 1.807) is 6.08 Å². The average Bonchev–Trinajstić information content (AvgIpc) is 3.17. The van der Waals surface area contributed by atoms with E-state index in [1.807, 2.05) is 11.0 Å². The van der Waals surface area contributed by atoms with Crippen molar-refractivity contribution in [1.29, 1.82) is 0 Å². The summed E-state index contributed by atoms with van der Waals surface area (Å²) in [5.74, 6) is 0.225. The van der Waals surface area contributed by atoms with Crippen LogP contribution in [0, 0.1) is 0 Å². The summed E-state index contributed by atoms with van der Waals surface area (Å²) >= 11 is 0. The lowest BCUT2D eigenvalue weighted by atomic mass is 9.99. The molecule has 0 saturated heterocycles. The molecule has 3 heteroatoms. The van der Waals surface area contributed by atoms with Crippen molar-refractivity contribution in [2.75, 3.05) is 24.7 Å². The monoisotopic (exact) mass is 271 g/mol. The molecule has 0 radical (unpaired) electrons. The van der Waals surface area contributed by atoms with Gasteiger partial charge in [0.05, 0.1) is 6.61 Å². The standard InChI is InChI=1S/C17H21NO2/c1-2-11-20-12-5-8-16(19)18-13-17(9-10-17)14-6-3-4-7-15(14)18/h2-4,6-7H,1,5,8-13H2. The van der Waals surface area contributed by atoms with Crippen LogP contribution in [-0.4, -0.2) is 25.7 Å². The lowest BCUT2D eigenvalue weighted by Crippen LogP contribution is -2.31. The molecule has 1 aromatic carbocycles. The van der Waals surface area contributed by atoms with E-state index in [1.165, 1.54) is 18.4 Å². The highest BCUT2D eigenvalue weighted by Gasteiger charge is 2.52. The number of fused-ring (bicyclic) bond motifs is 2. The quantitative estimate of drug-likeness (QED) is 0.588. The largest absolute Gasteiger partial charge is 0.377 e. The maximum atomic E-state index is 12.4. The minimum absolute atomic E-state index is 0.225. The Balaban J connectivity index is 1.61. The van der Waals surface area contributed by atoms with Gasteiger partial charge in [-0.25, -0.2) is 0 Å². The number of para-hydroxylation sites is 1. The van der Waals surface area contributed by atoms with Gasteiger partial charge in [-0.05, 0) is 30.9 Å². The van der Waals surface area contributed by atoms with Gasteiger partial charge in [-0.3, -0.25) is 4.79 Å². The molecule has 1 fully saturated rings. The molecule has 1 spiro atoms. The molecule has 1 aliphatic heterocycles. The van der Waals surface area contributed by atoms with Gasteiger partial charge in [-0.15, -0.1) is 6.58 Å². The summed E-state index contributed by atoms with van der Waals surface area (Å²) < 4.78 is 5.33. The van der Waals surface area contributed by atoms with Gasteiger partial charge in [0.25, 0.3) is 0 Å². The van der Waals surface area contributed by atoms with Gasteiger partial charge >= 0.3 is 0 Å². The molecule has 20 heavy (non-hydrogen) atoms. The molecule has 0 N–H and O–H groups in total. The van der Waals surface area contributed by atoms with Crippen molar-refractivity contribution >= 4 is 11.6 Å². The predicted molar refractivity (Wildman–Crippen MR) is 80.0 cm³/mol. The lowest BCUT2D eigenvalue weighted by molar-refractivity contribution is -0.118. The number of benzene rings is 1. The SMILES string of the molecule is C=CCOCCCC(=O)N1CC2(CC2)c2ccccc21. The van der Waals surface area contributed by atoms with Crippen molar-refractivity contribution in [1.82, 2.24) is 0 Å². The first-order valence-corrected chi connectivity index (χ1v) is 7.35. The van der Waals surface area contributed by atoms with Crippen molar-refractivity contribution in [2.45, 2.75) is 31.1 Å². The molecule has 3 rings (SSSR count). The number of anilines is 1. The van der Waals surface area contributed by atoms with Crippen molar-refractivity contribution in [3.05, 3.63) is 42.5 Å². The lowest BCUT2D eigenvalue weighted by Gasteiger charge is -2.17. The number of hydrogen-bond acceptors (Lipinski definition) is 2. The molecule has 3 nitrogen and oxygen atoms in total. The van der Waals surface area contributed by atoms with E-state index in [-0.39, 0.29) is 11.3 Å². The summed E-state index contributed by atoms with van der Waals surface area (Å²) in [6, 6.07) is 8.36. The van der Waals surface area contributed by atoms with Crippen LogP contribution in [0.3, 0.4) is 0 Å². The van der Waals surface area contributed by atoms with Gasteiger partial charge in [0.1, 0.15) is 0 Å². The van der Waals surface area contributed by atoms with Crippen molar-refractivity contribution in [3.8, 4) is 0 Å². The molecule has 1 aliphatic carbocycles. The predicted octanol–water partition coefficient (Wildman–Crippen LogP) is 3.05. The zero-order valence-corrected chi connectivity index (χ0v) is 11.8. The zero-order chi connectivity index (χ0) is 14.0. The molecular weight excluding hydrogens is 250 g/mol. The topological polar surface area (TPSA) is 29.5 Å². The Bertz CT molecular complexity index is 519. The van der Waals surface area contributed by atoms with Gasteiger partial charge in [-0.2, -0.15) is 0 Å². The number of hydrogen-bond donors (Lipinski definition) is 0. The maximum Gasteiger partial charge on any atom is 0.227 e. The fraction of sp³-hybridized carbons (Fsp3) is 0.471. The highest BCUT2D eigenvalue weighted by atomic mass is 16.5. The summed E-state index contributed by atoms with van der Waals surface area (Å²) in [7, 11) is 0. The van der Waals surface area contributed by atoms with Gasteiger partial charge in [-0.1, -0.05) is 24.3 Å². The first kappa shape index (κ1) is 13.4. The molecule has 0 aromatic heterocycles. The molecule has 1 saturated carbocycles. The molecule has 0 atom stereocenters. The van der Waals surface area contributed by atoms with Crippen LogP contribution < -0.4 is 4.90 Å². The first-order chi connectivity index (χ1) is 9.77. The van der Waals surface area contributed by atoms with Crippen LogP contribution in [0.5, 0.6) is 0 Å². The minimum Gasteiger partial charge on any atom is -0.377 e. The highest BCUT2D eigenvalue weighted by molar-refractivity contribution is 5.96. The Hall–Kier alpha value is -1.61. The number of ether oxygens (including phenoxy) is 1. The second-order valence-electron chi connectivity index (χ2n) is 5.74. The summed E-state index contributed by atoms with van der Waals surface area (Å²) in [6.45, 7) is 5.66. The molecule has 1 amide bonds. The van der Waals surface area contributed by atoms with Crippen LogP contribution >= 0.6 is 0 Å². The van der Waals surface area contributed by atoms with E-state index in [0.717, 1.165) is 18.7 Å². The number of amides is 1. The van der Waals surface area contributed by atoms with Crippen molar-refractivity contribution in [2.24, 2.45) is 0 Å². The average molecular weight is 271 g/mol. The Kier molecular flexibility index (Phi) is 3.62. The molecule has 1 aromatic rings. The number of nitrogens with zero attached hydrogens (tertiary/aromatic N) is 1. The first-order valence-electron chi connectivity index (χ1n) is 7.35.